The molecule has 7 heteroatoms. The zero-order chi connectivity index (χ0) is 17.1. The van der Waals surface area contributed by atoms with E-state index >= 15 is 0 Å². The Hall–Kier alpha value is -1.89. The Kier molecular flexibility index (Phi) is 6.58. The molecular formula is C18H22ClN3O2S. The van der Waals surface area contributed by atoms with Crippen LogP contribution in [-0.4, -0.2) is 29.4 Å². The van der Waals surface area contributed by atoms with Gasteiger partial charge in [-0.15, -0.1) is 23.7 Å². The summed E-state index contributed by atoms with van der Waals surface area (Å²) in [5.41, 5.74) is 7.96. The van der Waals surface area contributed by atoms with Crippen LogP contribution in [-0.2, 0) is 19.4 Å². The number of carbonyl (C=O) groups excluding carboxylic acids is 1. The maximum atomic E-state index is 12.6. The molecule has 0 bridgehead atoms. The predicted molar refractivity (Wildman–Crippen MR) is 104 cm³/mol. The zero-order valence-electron chi connectivity index (χ0n) is 14.3. The van der Waals surface area contributed by atoms with Gasteiger partial charge in [0, 0.05) is 42.8 Å². The van der Waals surface area contributed by atoms with Crippen molar-refractivity contribution in [2.75, 3.05) is 13.6 Å². The van der Waals surface area contributed by atoms with Crippen molar-refractivity contribution in [1.29, 1.82) is 0 Å². The van der Waals surface area contributed by atoms with E-state index in [1.54, 1.807) is 17.3 Å². The van der Waals surface area contributed by atoms with Gasteiger partial charge in [0.15, 0.2) is 0 Å². The quantitative estimate of drug-likeness (QED) is 0.709. The van der Waals surface area contributed by atoms with Crippen LogP contribution in [0.2, 0.25) is 0 Å². The predicted octanol–water partition coefficient (Wildman–Crippen LogP) is 3.65. The standard InChI is InChI=1S/C18H21N3O2S.ClH/c1-3-15-13(12-6-4-5-7-16(12)23-15)10-21(2)18(22)14-11-24-17(20-14)8-9-19;/h4-7,11H,3,8-10,19H2,1-2H3;1H. The molecule has 0 radical (unpaired) electrons. The van der Waals surface area contributed by atoms with Gasteiger partial charge in [0.05, 0.1) is 5.01 Å². The summed E-state index contributed by atoms with van der Waals surface area (Å²) in [6.07, 6.45) is 1.50. The van der Waals surface area contributed by atoms with Gasteiger partial charge in [0.1, 0.15) is 17.0 Å². The van der Waals surface area contributed by atoms with Crippen LogP contribution in [0.15, 0.2) is 34.1 Å². The largest absolute Gasteiger partial charge is 0.461 e. The molecule has 3 rings (SSSR count). The molecule has 0 atom stereocenters. The van der Waals surface area contributed by atoms with Gasteiger partial charge in [-0.1, -0.05) is 25.1 Å². The number of halogens is 1. The second kappa shape index (κ2) is 8.47. The van der Waals surface area contributed by atoms with Gasteiger partial charge in [-0.05, 0) is 12.6 Å². The molecule has 0 saturated carbocycles. The van der Waals surface area contributed by atoms with E-state index < -0.39 is 0 Å². The summed E-state index contributed by atoms with van der Waals surface area (Å²) in [7, 11) is 1.80. The van der Waals surface area contributed by atoms with E-state index in [-0.39, 0.29) is 18.3 Å². The number of amides is 1. The number of hydrogen-bond acceptors (Lipinski definition) is 5. The lowest BCUT2D eigenvalue weighted by Gasteiger charge is -2.16. The molecule has 0 fully saturated rings. The van der Waals surface area contributed by atoms with Crippen molar-refractivity contribution in [3.8, 4) is 0 Å². The minimum absolute atomic E-state index is 0. The van der Waals surface area contributed by atoms with E-state index in [4.69, 9.17) is 10.2 Å². The second-order valence-electron chi connectivity index (χ2n) is 5.68. The number of furan rings is 1. The van der Waals surface area contributed by atoms with Gasteiger partial charge < -0.3 is 15.1 Å². The Morgan fingerprint density at radius 3 is 2.84 bits per heavy atom. The molecule has 0 unspecified atom stereocenters. The number of aromatic nitrogens is 1. The molecule has 0 saturated heterocycles. The van der Waals surface area contributed by atoms with Crippen LogP contribution in [0, 0.1) is 0 Å². The lowest BCUT2D eigenvalue weighted by molar-refractivity contribution is 0.0780. The number of hydrogen-bond donors (Lipinski definition) is 1. The van der Waals surface area contributed by atoms with E-state index in [9.17, 15) is 4.79 Å². The second-order valence-corrected chi connectivity index (χ2v) is 6.62. The van der Waals surface area contributed by atoms with Crippen LogP contribution in [0.3, 0.4) is 0 Å². The number of para-hydroxylation sites is 1. The molecule has 2 aromatic heterocycles. The summed E-state index contributed by atoms with van der Waals surface area (Å²) < 4.78 is 5.91. The number of nitrogens with zero attached hydrogens (tertiary/aromatic N) is 2. The van der Waals surface area contributed by atoms with Crippen LogP contribution >= 0.6 is 23.7 Å². The smallest absolute Gasteiger partial charge is 0.273 e. The number of fused-ring (bicyclic) bond motifs is 1. The molecule has 2 N–H and O–H groups in total. The summed E-state index contributed by atoms with van der Waals surface area (Å²) in [4.78, 5) is 18.7. The maximum Gasteiger partial charge on any atom is 0.273 e. The molecule has 5 nitrogen and oxygen atoms in total. The van der Waals surface area contributed by atoms with Crippen LogP contribution in [0.1, 0.15) is 33.7 Å². The Morgan fingerprint density at radius 1 is 1.36 bits per heavy atom. The monoisotopic (exact) mass is 379 g/mol. The molecule has 1 aromatic carbocycles. The third-order valence-electron chi connectivity index (χ3n) is 3.97. The van der Waals surface area contributed by atoms with Crippen molar-refractivity contribution in [2.45, 2.75) is 26.3 Å². The van der Waals surface area contributed by atoms with Crippen molar-refractivity contribution in [1.82, 2.24) is 9.88 Å². The van der Waals surface area contributed by atoms with Gasteiger partial charge in [-0.2, -0.15) is 0 Å². The first-order chi connectivity index (χ1) is 11.6. The van der Waals surface area contributed by atoms with E-state index in [0.29, 0.717) is 25.2 Å². The first kappa shape index (κ1) is 19.4. The molecule has 3 aromatic rings. The number of thiazole rings is 1. The fourth-order valence-corrected chi connectivity index (χ4v) is 3.55. The van der Waals surface area contributed by atoms with Gasteiger partial charge in [-0.25, -0.2) is 4.98 Å². The van der Waals surface area contributed by atoms with Crippen LogP contribution in [0.4, 0.5) is 0 Å². The summed E-state index contributed by atoms with van der Waals surface area (Å²) >= 11 is 1.48. The Balaban J connectivity index is 0.00000225. The third-order valence-corrected chi connectivity index (χ3v) is 4.88. The Morgan fingerprint density at radius 2 is 2.12 bits per heavy atom. The van der Waals surface area contributed by atoms with Crippen LogP contribution in [0.5, 0.6) is 0 Å². The average Bonchev–Trinajstić information content (AvgIpc) is 3.19. The molecule has 0 aliphatic heterocycles. The number of benzene rings is 1. The van der Waals surface area contributed by atoms with Crippen molar-refractivity contribution in [3.05, 3.63) is 51.7 Å². The van der Waals surface area contributed by atoms with Crippen molar-refractivity contribution in [3.63, 3.8) is 0 Å². The highest BCUT2D eigenvalue weighted by atomic mass is 35.5. The van der Waals surface area contributed by atoms with Gasteiger partial charge in [0.2, 0.25) is 0 Å². The zero-order valence-corrected chi connectivity index (χ0v) is 16.0. The SMILES string of the molecule is CCc1oc2ccccc2c1CN(C)C(=O)c1csc(CCN)n1.Cl. The van der Waals surface area contributed by atoms with Crippen molar-refractivity contribution >= 4 is 40.6 Å². The molecule has 0 aliphatic rings. The van der Waals surface area contributed by atoms with Crippen molar-refractivity contribution in [2.24, 2.45) is 5.73 Å². The summed E-state index contributed by atoms with van der Waals surface area (Å²) in [5, 5.41) is 3.77. The molecule has 25 heavy (non-hydrogen) atoms. The van der Waals surface area contributed by atoms with Crippen LogP contribution in [0.25, 0.3) is 11.0 Å². The van der Waals surface area contributed by atoms with E-state index in [1.165, 1.54) is 11.3 Å². The normalized spacial score (nSPS) is 10.7. The summed E-state index contributed by atoms with van der Waals surface area (Å²) in [5.74, 6) is 0.847. The van der Waals surface area contributed by atoms with E-state index in [0.717, 1.165) is 33.7 Å². The van der Waals surface area contributed by atoms with Crippen LogP contribution < -0.4 is 5.73 Å². The highest BCUT2D eigenvalue weighted by molar-refractivity contribution is 7.09. The number of nitrogens with two attached hydrogens (primary N) is 1. The number of carbonyl (C=O) groups is 1. The number of rotatable bonds is 6. The molecule has 134 valence electrons. The lowest BCUT2D eigenvalue weighted by atomic mass is 10.1. The number of aryl methyl sites for hydroxylation is 1. The van der Waals surface area contributed by atoms with Gasteiger partial charge in [-0.3, -0.25) is 4.79 Å². The van der Waals surface area contributed by atoms with Gasteiger partial charge >= 0.3 is 0 Å². The first-order valence-corrected chi connectivity index (χ1v) is 8.91. The van der Waals surface area contributed by atoms with Crippen molar-refractivity contribution < 1.29 is 9.21 Å². The van der Waals surface area contributed by atoms with E-state index in [2.05, 4.69) is 11.9 Å². The minimum atomic E-state index is -0.0816. The lowest BCUT2D eigenvalue weighted by Crippen LogP contribution is -2.26. The Bertz CT molecular complexity index is 859. The summed E-state index contributed by atoms with van der Waals surface area (Å²) in [6.45, 7) is 3.10. The molecule has 0 spiro atoms. The Labute approximate surface area is 157 Å². The average molecular weight is 380 g/mol. The summed E-state index contributed by atoms with van der Waals surface area (Å²) in [6, 6.07) is 7.94. The van der Waals surface area contributed by atoms with E-state index in [1.807, 2.05) is 24.3 Å². The molecule has 0 aliphatic carbocycles. The minimum Gasteiger partial charge on any atom is -0.461 e. The first-order valence-electron chi connectivity index (χ1n) is 8.03. The van der Waals surface area contributed by atoms with Gasteiger partial charge in [0.25, 0.3) is 5.91 Å². The molecule has 2 heterocycles. The maximum absolute atomic E-state index is 12.6. The third kappa shape index (κ3) is 4.03. The highest BCUT2D eigenvalue weighted by Crippen LogP contribution is 2.27. The fraction of sp³-hybridized carbons (Fsp3) is 0.333. The fourth-order valence-electron chi connectivity index (χ4n) is 2.76. The molecule has 1 amide bonds. The topological polar surface area (TPSA) is 72.4 Å². The molecular weight excluding hydrogens is 358 g/mol. The highest BCUT2D eigenvalue weighted by Gasteiger charge is 2.20.